The van der Waals surface area contributed by atoms with Crippen molar-refractivity contribution in [2.24, 2.45) is 5.10 Å². The molecule has 0 spiro atoms. The summed E-state index contributed by atoms with van der Waals surface area (Å²) < 4.78 is 0. The molecule has 0 heterocycles. The van der Waals surface area contributed by atoms with Crippen LogP contribution in [0.5, 0.6) is 0 Å². The van der Waals surface area contributed by atoms with Gasteiger partial charge in [-0.05, 0) is 49.6 Å². The number of hydrogen-bond donors (Lipinski definition) is 2. The van der Waals surface area contributed by atoms with E-state index in [0.717, 1.165) is 18.4 Å². The third kappa shape index (κ3) is 6.99. The van der Waals surface area contributed by atoms with Crippen molar-refractivity contribution in [3.05, 3.63) is 65.2 Å². The molecule has 0 saturated heterocycles. The first kappa shape index (κ1) is 21.4. The molecule has 0 aromatic heterocycles. The predicted molar refractivity (Wildman–Crippen MR) is 115 cm³/mol. The minimum atomic E-state index is -0.297. The Balaban J connectivity index is 1.85. The average molecular weight is 380 g/mol. The fraction of sp³-hybridized carbons (Fsp3) is 0.348. The zero-order valence-electron chi connectivity index (χ0n) is 16.7. The maximum atomic E-state index is 12.4. The van der Waals surface area contributed by atoms with Crippen LogP contribution in [-0.4, -0.2) is 18.0 Å². The Hall–Kier alpha value is -2.95. The Kier molecular flexibility index (Phi) is 8.92. The van der Waals surface area contributed by atoms with E-state index in [1.54, 1.807) is 36.5 Å². The van der Waals surface area contributed by atoms with Crippen LogP contribution in [0.4, 0.5) is 5.69 Å². The summed E-state index contributed by atoms with van der Waals surface area (Å²) in [6.07, 6.45) is 8.62. The summed E-state index contributed by atoms with van der Waals surface area (Å²) in [5.74, 6) is -0.494. The fourth-order valence-electron chi connectivity index (χ4n) is 2.84. The summed E-state index contributed by atoms with van der Waals surface area (Å²) in [5.41, 5.74) is 5.07. The van der Waals surface area contributed by atoms with Gasteiger partial charge in [0.05, 0.1) is 0 Å². The summed E-state index contributed by atoms with van der Waals surface area (Å²) in [7, 11) is 0. The lowest BCUT2D eigenvalue weighted by Gasteiger charge is -2.08. The Morgan fingerprint density at radius 1 is 0.964 bits per heavy atom. The number of anilines is 1. The van der Waals surface area contributed by atoms with E-state index >= 15 is 0 Å². The van der Waals surface area contributed by atoms with Gasteiger partial charge in [0.15, 0.2) is 0 Å². The molecule has 0 radical (unpaired) electrons. The van der Waals surface area contributed by atoms with E-state index < -0.39 is 0 Å². The van der Waals surface area contributed by atoms with Crippen molar-refractivity contribution in [1.29, 1.82) is 0 Å². The lowest BCUT2D eigenvalue weighted by molar-refractivity contribution is 0.0953. The molecule has 2 amide bonds. The van der Waals surface area contributed by atoms with E-state index in [9.17, 15) is 9.59 Å². The molecule has 148 valence electrons. The van der Waals surface area contributed by atoms with Crippen LogP contribution < -0.4 is 10.7 Å². The van der Waals surface area contributed by atoms with Gasteiger partial charge in [0.25, 0.3) is 11.8 Å². The van der Waals surface area contributed by atoms with Gasteiger partial charge in [0, 0.05) is 23.0 Å². The third-order valence-electron chi connectivity index (χ3n) is 4.47. The fourth-order valence-corrected chi connectivity index (χ4v) is 2.84. The van der Waals surface area contributed by atoms with E-state index in [2.05, 4.69) is 22.8 Å². The second-order valence-corrected chi connectivity index (χ2v) is 6.81. The lowest BCUT2D eigenvalue weighted by Crippen LogP contribution is -2.18. The summed E-state index contributed by atoms with van der Waals surface area (Å²) in [6.45, 7) is 4.08. The van der Waals surface area contributed by atoms with Crippen molar-refractivity contribution in [3.63, 3.8) is 0 Å². The Morgan fingerprint density at radius 3 is 2.54 bits per heavy atom. The largest absolute Gasteiger partial charge is 0.322 e. The van der Waals surface area contributed by atoms with E-state index in [-0.39, 0.29) is 11.8 Å². The van der Waals surface area contributed by atoms with E-state index in [1.807, 2.05) is 25.1 Å². The summed E-state index contributed by atoms with van der Waals surface area (Å²) >= 11 is 0. The SMILES string of the molecule is CCCCCCCC=NNC(=O)c1cccc(NC(=O)c2ccccc2C)c1. The maximum Gasteiger partial charge on any atom is 0.271 e. The number of nitrogens with one attached hydrogen (secondary N) is 2. The number of nitrogens with zero attached hydrogens (tertiary/aromatic N) is 1. The number of carbonyl (C=O) groups excluding carboxylic acids is 2. The maximum absolute atomic E-state index is 12.4. The highest BCUT2D eigenvalue weighted by Gasteiger charge is 2.10. The Labute approximate surface area is 167 Å². The molecular weight excluding hydrogens is 350 g/mol. The molecular formula is C23H29N3O2. The number of aryl methyl sites for hydroxylation is 1. The van der Waals surface area contributed by atoms with Crippen LogP contribution in [0, 0.1) is 6.92 Å². The molecule has 28 heavy (non-hydrogen) atoms. The molecule has 0 bridgehead atoms. The monoisotopic (exact) mass is 379 g/mol. The highest BCUT2D eigenvalue weighted by atomic mass is 16.2. The molecule has 2 rings (SSSR count). The van der Waals surface area contributed by atoms with E-state index in [0.29, 0.717) is 16.8 Å². The Morgan fingerprint density at radius 2 is 1.75 bits per heavy atom. The number of hydrazone groups is 1. The highest BCUT2D eigenvalue weighted by molar-refractivity contribution is 6.06. The smallest absolute Gasteiger partial charge is 0.271 e. The van der Waals surface area contributed by atoms with Gasteiger partial charge in [-0.25, -0.2) is 5.43 Å². The minimum Gasteiger partial charge on any atom is -0.322 e. The molecule has 0 saturated carbocycles. The average Bonchev–Trinajstić information content (AvgIpc) is 2.70. The first-order valence-electron chi connectivity index (χ1n) is 9.90. The molecule has 0 unspecified atom stereocenters. The van der Waals surface area contributed by atoms with Crippen LogP contribution in [0.25, 0.3) is 0 Å². The standard InChI is InChI=1S/C23H29N3O2/c1-3-4-5-6-7-10-16-24-26-22(27)19-13-11-14-20(17-19)25-23(28)21-15-9-8-12-18(21)2/h8-9,11-17H,3-7,10H2,1-2H3,(H,25,28)(H,26,27). The number of benzene rings is 2. The van der Waals surface area contributed by atoms with Crippen molar-refractivity contribution in [1.82, 2.24) is 5.43 Å². The number of amides is 2. The van der Waals surface area contributed by atoms with Crippen molar-refractivity contribution in [3.8, 4) is 0 Å². The van der Waals surface area contributed by atoms with Crippen molar-refractivity contribution >= 4 is 23.7 Å². The summed E-state index contributed by atoms with van der Waals surface area (Å²) in [5, 5.41) is 6.84. The van der Waals surface area contributed by atoms with Gasteiger partial charge in [-0.2, -0.15) is 5.10 Å². The summed E-state index contributed by atoms with van der Waals surface area (Å²) in [4.78, 5) is 24.7. The normalized spacial score (nSPS) is 10.8. The van der Waals surface area contributed by atoms with E-state index in [4.69, 9.17) is 0 Å². The molecule has 0 aliphatic carbocycles. The van der Waals surface area contributed by atoms with Gasteiger partial charge < -0.3 is 5.32 Å². The first-order valence-corrected chi connectivity index (χ1v) is 9.90. The van der Waals surface area contributed by atoms with Gasteiger partial charge in [-0.3, -0.25) is 9.59 Å². The van der Waals surface area contributed by atoms with Gasteiger partial charge in [-0.1, -0.05) is 56.9 Å². The molecule has 0 atom stereocenters. The van der Waals surface area contributed by atoms with Crippen molar-refractivity contribution in [2.75, 3.05) is 5.32 Å². The van der Waals surface area contributed by atoms with Gasteiger partial charge in [0.1, 0.15) is 0 Å². The molecule has 0 aliphatic heterocycles. The zero-order chi connectivity index (χ0) is 20.2. The predicted octanol–water partition coefficient (Wildman–Crippen LogP) is 5.32. The van der Waals surface area contributed by atoms with Gasteiger partial charge in [0.2, 0.25) is 0 Å². The van der Waals surface area contributed by atoms with Gasteiger partial charge in [-0.15, -0.1) is 0 Å². The van der Waals surface area contributed by atoms with Crippen molar-refractivity contribution < 1.29 is 9.59 Å². The van der Waals surface area contributed by atoms with E-state index in [1.165, 1.54) is 25.7 Å². The second-order valence-electron chi connectivity index (χ2n) is 6.81. The molecule has 2 aromatic rings. The van der Waals surface area contributed by atoms with Gasteiger partial charge >= 0.3 is 0 Å². The molecule has 0 fully saturated rings. The lowest BCUT2D eigenvalue weighted by atomic mass is 10.1. The van der Waals surface area contributed by atoms with Crippen LogP contribution in [-0.2, 0) is 0 Å². The molecule has 5 heteroatoms. The molecule has 5 nitrogen and oxygen atoms in total. The molecule has 2 N–H and O–H groups in total. The number of carbonyl (C=O) groups is 2. The summed E-state index contributed by atoms with van der Waals surface area (Å²) in [6, 6.07) is 14.2. The van der Waals surface area contributed by atoms with Crippen molar-refractivity contribution in [2.45, 2.75) is 52.4 Å². The minimum absolute atomic E-state index is 0.197. The topological polar surface area (TPSA) is 70.6 Å². The second kappa shape index (κ2) is 11.7. The highest BCUT2D eigenvalue weighted by Crippen LogP contribution is 2.14. The number of hydrogen-bond acceptors (Lipinski definition) is 3. The van der Waals surface area contributed by atoms with Crippen LogP contribution in [0.15, 0.2) is 53.6 Å². The molecule has 0 aliphatic rings. The van der Waals surface area contributed by atoms with Crippen LogP contribution in [0.3, 0.4) is 0 Å². The quantitative estimate of drug-likeness (QED) is 0.333. The number of rotatable bonds is 10. The molecule has 2 aromatic carbocycles. The van der Waals surface area contributed by atoms with Crippen LogP contribution in [0.1, 0.15) is 71.7 Å². The number of unbranched alkanes of at least 4 members (excludes halogenated alkanes) is 5. The van der Waals surface area contributed by atoms with Crippen LogP contribution >= 0.6 is 0 Å². The van der Waals surface area contributed by atoms with Crippen LogP contribution in [0.2, 0.25) is 0 Å². The first-order chi connectivity index (χ1) is 13.6. The third-order valence-corrected chi connectivity index (χ3v) is 4.47. The zero-order valence-corrected chi connectivity index (χ0v) is 16.7. The Bertz CT molecular complexity index is 815.